The summed E-state index contributed by atoms with van der Waals surface area (Å²) in [6.07, 6.45) is 1.31. The molecule has 1 aromatic heterocycles. The smallest absolute Gasteiger partial charge is 0.338 e. The van der Waals surface area contributed by atoms with Gasteiger partial charge in [0.2, 0.25) is 6.08 Å². The first-order valence-corrected chi connectivity index (χ1v) is 3.88. The van der Waals surface area contributed by atoms with Gasteiger partial charge in [0.25, 0.3) is 0 Å². The van der Waals surface area contributed by atoms with Gasteiger partial charge in [-0.05, 0) is 13.0 Å². The first-order chi connectivity index (χ1) is 5.65. The molecule has 62 valence electrons. The van der Waals surface area contributed by atoms with Crippen molar-refractivity contribution in [2.75, 3.05) is 0 Å². The van der Waals surface area contributed by atoms with E-state index in [1.54, 1.807) is 6.92 Å². The molecule has 0 aliphatic rings. The molecule has 1 rings (SSSR count). The Hall–Kier alpha value is -1.45. The first kappa shape index (κ1) is 8.64. The summed E-state index contributed by atoms with van der Waals surface area (Å²) in [4.78, 5) is 24.5. The normalized spacial score (nSPS) is 9.08. The van der Waals surface area contributed by atoms with Crippen LogP contribution in [0.25, 0.3) is 0 Å². The zero-order chi connectivity index (χ0) is 9.14. The van der Waals surface area contributed by atoms with Crippen molar-refractivity contribution >= 4 is 28.4 Å². The minimum absolute atomic E-state index is 0.0563. The first-order valence-electron chi connectivity index (χ1n) is 3.06. The van der Waals surface area contributed by atoms with Gasteiger partial charge in [0, 0.05) is 4.88 Å². The van der Waals surface area contributed by atoms with Crippen molar-refractivity contribution in [3.05, 3.63) is 16.5 Å². The molecule has 0 aromatic carbocycles. The van der Waals surface area contributed by atoms with Gasteiger partial charge in [-0.3, -0.25) is 0 Å². The molecule has 0 fully saturated rings. The Balaban J connectivity index is 3.25. The van der Waals surface area contributed by atoms with Crippen molar-refractivity contribution in [2.24, 2.45) is 4.99 Å². The van der Waals surface area contributed by atoms with E-state index in [2.05, 4.69) is 4.99 Å². The number of aliphatic imine (C=N–C) groups is 1. The fourth-order valence-corrected chi connectivity index (χ4v) is 1.60. The van der Waals surface area contributed by atoms with E-state index >= 15 is 0 Å². The van der Waals surface area contributed by atoms with Gasteiger partial charge in [-0.15, -0.1) is 11.3 Å². The summed E-state index contributed by atoms with van der Waals surface area (Å²) in [5.41, 5.74) is 0.0563. The van der Waals surface area contributed by atoms with Crippen molar-refractivity contribution < 1.29 is 14.7 Å². The quantitative estimate of drug-likeness (QED) is 0.560. The van der Waals surface area contributed by atoms with E-state index in [4.69, 9.17) is 5.11 Å². The lowest BCUT2D eigenvalue weighted by molar-refractivity contribution is 0.0698. The average Bonchev–Trinajstić information content (AvgIpc) is 2.32. The molecule has 0 saturated heterocycles. The van der Waals surface area contributed by atoms with Crippen molar-refractivity contribution in [1.82, 2.24) is 0 Å². The molecule has 1 heterocycles. The molecule has 0 unspecified atom stereocenters. The maximum Gasteiger partial charge on any atom is 0.338 e. The van der Waals surface area contributed by atoms with Crippen LogP contribution in [-0.4, -0.2) is 17.2 Å². The highest BCUT2D eigenvalue weighted by molar-refractivity contribution is 7.16. The van der Waals surface area contributed by atoms with Crippen LogP contribution in [0.15, 0.2) is 11.1 Å². The van der Waals surface area contributed by atoms with E-state index in [-0.39, 0.29) is 10.6 Å². The second-order valence-corrected chi connectivity index (χ2v) is 3.32. The van der Waals surface area contributed by atoms with Crippen molar-refractivity contribution in [3.8, 4) is 0 Å². The number of aromatic carboxylic acids is 1. The summed E-state index contributed by atoms with van der Waals surface area (Å²) in [5.74, 6) is -1.08. The number of carbonyl (C=O) groups is 1. The molecular weight excluding hydrogens is 178 g/mol. The van der Waals surface area contributed by atoms with Crippen LogP contribution in [0.2, 0.25) is 0 Å². The molecule has 0 saturated carbocycles. The van der Waals surface area contributed by atoms with Gasteiger partial charge in [-0.2, -0.15) is 4.99 Å². The zero-order valence-electron chi connectivity index (χ0n) is 6.20. The molecule has 5 heteroatoms. The van der Waals surface area contributed by atoms with Gasteiger partial charge in [-0.1, -0.05) is 0 Å². The van der Waals surface area contributed by atoms with E-state index in [1.165, 1.54) is 12.1 Å². The van der Waals surface area contributed by atoms with Crippen LogP contribution >= 0.6 is 11.3 Å². The highest BCUT2D eigenvalue weighted by atomic mass is 32.1. The maximum atomic E-state index is 10.5. The second-order valence-electron chi connectivity index (χ2n) is 2.08. The number of carbonyl (C=O) groups excluding carboxylic acids is 1. The van der Waals surface area contributed by atoms with E-state index in [9.17, 15) is 9.59 Å². The standard InChI is InChI=1S/C7H5NO3S/c1-4-2-5(7(10)11)6(12-4)8-3-9/h2H,1H3,(H,10,11). The minimum Gasteiger partial charge on any atom is -0.478 e. The predicted octanol–water partition coefficient (Wildman–Crippen LogP) is 1.72. The number of thiophene rings is 1. The van der Waals surface area contributed by atoms with Crippen LogP contribution in [0.4, 0.5) is 5.00 Å². The number of isocyanates is 1. The van der Waals surface area contributed by atoms with E-state index in [0.717, 1.165) is 16.2 Å². The number of carboxylic acid groups (broad SMARTS) is 1. The van der Waals surface area contributed by atoms with Crippen LogP contribution in [0, 0.1) is 6.92 Å². The van der Waals surface area contributed by atoms with Gasteiger partial charge in [-0.25, -0.2) is 9.59 Å². The third kappa shape index (κ3) is 1.58. The lowest BCUT2D eigenvalue weighted by atomic mass is 10.3. The molecule has 0 radical (unpaired) electrons. The number of rotatable bonds is 2. The second kappa shape index (κ2) is 3.30. The number of hydrogen-bond acceptors (Lipinski definition) is 4. The summed E-state index contributed by atoms with van der Waals surface area (Å²) in [5, 5.41) is 8.83. The minimum atomic E-state index is -1.08. The van der Waals surface area contributed by atoms with Gasteiger partial charge < -0.3 is 5.11 Å². The summed E-state index contributed by atoms with van der Waals surface area (Å²) in [7, 11) is 0. The molecule has 12 heavy (non-hydrogen) atoms. The third-order valence-electron chi connectivity index (χ3n) is 1.21. The van der Waals surface area contributed by atoms with Crippen LogP contribution in [0.1, 0.15) is 15.2 Å². The highest BCUT2D eigenvalue weighted by Crippen LogP contribution is 2.29. The summed E-state index contributed by atoms with van der Waals surface area (Å²) < 4.78 is 0. The molecule has 0 aliphatic heterocycles. The Morgan fingerprint density at radius 2 is 2.42 bits per heavy atom. The Morgan fingerprint density at radius 1 is 1.75 bits per heavy atom. The van der Waals surface area contributed by atoms with Crippen molar-refractivity contribution in [3.63, 3.8) is 0 Å². The molecule has 0 amide bonds. The molecule has 4 nitrogen and oxygen atoms in total. The van der Waals surface area contributed by atoms with Crippen LogP contribution < -0.4 is 0 Å². The molecular formula is C7H5NO3S. The fraction of sp³-hybridized carbons (Fsp3) is 0.143. The van der Waals surface area contributed by atoms with Gasteiger partial charge in [0.1, 0.15) is 5.00 Å². The SMILES string of the molecule is Cc1cc(C(=O)O)c(N=C=O)s1. The number of aryl methyl sites for hydroxylation is 1. The zero-order valence-corrected chi connectivity index (χ0v) is 7.01. The molecule has 0 spiro atoms. The predicted molar refractivity (Wildman–Crippen MR) is 43.8 cm³/mol. The Kier molecular flexibility index (Phi) is 2.38. The fourth-order valence-electron chi connectivity index (χ4n) is 0.780. The van der Waals surface area contributed by atoms with Gasteiger partial charge >= 0.3 is 5.97 Å². The van der Waals surface area contributed by atoms with Crippen LogP contribution in [0.3, 0.4) is 0 Å². The van der Waals surface area contributed by atoms with Crippen molar-refractivity contribution in [2.45, 2.75) is 6.92 Å². The van der Waals surface area contributed by atoms with Crippen LogP contribution in [-0.2, 0) is 4.79 Å². The van der Waals surface area contributed by atoms with Crippen molar-refractivity contribution in [1.29, 1.82) is 0 Å². The number of nitrogens with zero attached hydrogens (tertiary/aromatic N) is 1. The highest BCUT2D eigenvalue weighted by Gasteiger charge is 2.12. The Labute approximate surface area is 72.2 Å². The number of hydrogen-bond donors (Lipinski definition) is 1. The Bertz CT molecular complexity index is 343. The molecule has 0 bridgehead atoms. The van der Waals surface area contributed by atoms with Crippen LogP contribution in [0.5, 0.6) is 0 Å². The average molecular weight is 183 g/mol. The molecule has 0 atom stereocenters. The summed E-state index contributed by atoms with van der Waals surface area (Å²) in [6.45, 7) is 1.75. The Morgan fingerprint density at radius 3 is 2.92 bits per heavy atom. The lowest BCUT2D eigenvalue weighted by Gasteiger charge is -1.86. The number of carboxylic acids is 1. The van der Waals surface area contributed by atoms with E-state index in [0.29, 0.717) is 0 Å². The van der Waals surface area contributed by atoms with Gasteiger partial charge in [0.15, 0.2) is 0 Å². The largest absolute Gasteiger partial charge is 0.478 e. The monoisotopic (exact) mass is 183 g/mol. The summed E-state index contributed by atoms with van der Waals surface area (Å²) >= 11 is 1.16. The summed E-state index contributed by atoms with van der Waals surface area (Å²) in [6, 6.07) is 1.48. The maximum absolute atomic E-state index is 10.5. The topological polar surface area (TPSA) is 66.7 Å². The third-order valence-corrected chi connectivity index (χ3v) is 2.16. The molecule has 0 aliphatic carbocycles. The lowest BCUT2D eigenvalue weighted by Crippen LogP contribution is -1.92. The van der Waals surface area contributed by atoms with Gasteiger partial charge in [0.05, 0.1) is 5.56 Å². The molecule has 1 N–H and O–H groups in total. The molecule has 1 aromatic rings. The van der Waals surface area contributed by atoms with E-state index < -0.39 is 5.97 Å². The van der Waals surface area contributed by atoms with E-state index in [1.807, 2.05) is 0 Å².